The largest absolute Gasteiger partial charge is 0.494 e. The summed E-state index contributed by atoms with van der Waals surface area (Å²) in [6.45, 7) is 2.50. The summed E-state index contributed by atoms with van der Waals surface area (Å²) in [6, 6.07) is 9.60. The predicted octanol–water partition coefficient (Wildman–Crippen LogP) is 2.23. The first-order valence-electron chi connectivity index (χ1n) is 7.93. The quantitative estimate of drug-likeness (QED) is 0.572. The van der Waals surface area contributed by atoms with Crippen LogP contribution in [0.5, 0.6) is 5.75 Å². The molecule has 0 fully saturated rings. The number of rotatable bonds is 8. The highest BCUT2D eigenvalue weighted by atomic mass is 32.2. The van der Waals surface area contributed by atoms with E-state index in [1.54, 1.807) is 24.3 Å². The SMILES string of the molecule is CCCCOc1ccc(N(Cc2cccn(O)c2=O)S(C)(=O)=O)cc1. The second kappa shape index (κ2) is 8.06. The van der Waals surface area contributed by atoms with Crippen LogP contribution < -0.4 is 14.6 Å². The van der Waals surface area contributed by atoms with Crippen molar-refractivity contribution in [3.05, 3.63) is 58.5 Å². The monoisotopic (exact) mass is 366 g/mol. The average Bonchev–Trinajstić information content (AvgIpc) is 2.56. The summed E-state index contributed by atoms with van der Waals surface area (Å²) in [7, 11) is -3.62. The summed E-state index contributed by atoms with van der Waals surface area (Å²) in [5.41, 5.74) is -0.0764. The Kier molecular flexibility index (Phi) is 6.08. The number of nitrogens with zero attached hydrogens (tertiary/aromatic N) is 2. The van der Waals surface area contributed by atoms with Crippen LogP contribution in [0.4, 0.5) is 5.69 Å². The maximum atomic E-state index is 12.2. The van der Waals surface area contributed by atoms with Gasteiger partial charge in [-0.25, -0.2) is 8.42 Å². The van der Waals surface area contributed by atoms with E-state index >= 15 is 0 Å². The number of unbranched alkanes of at least 4 members (excludes halogenated alkanes) is 1. The summed E-state index contributed by atoms with van der Waals surface area (Å²) >= 11 is 0. The first-order valence-corrected chi connectivity index (χ1v) is 9.78. The minimum atomic E-state index is -3.62. The minimum Gasteiger partial charge on any atom is -0.494 e. The van der Waals surface area contributed by atoms with E-state index in [0.29, 0.717) is 22.8 Å². The molecular formula is C17H22N2O5S. The molecule has 0 bridgehead atoms. The van der Waals surface area contributed by atoms with Gasteiger partial charge in [0.15, 0.2) is 0 Å². The van der Waals surface area contributed by atoms with E-state index in [1.165, 1.54) is 18.3 Å². The molecule has 25 heavy (non-hydrogen) atoms. The van der Waals surface area contributed by atoms with Gasteiger partial charge in [0, 0.05) is 11.8 Å². The van der Waals surface area contributed by atoms with Crippen LogP contribution in [0.3, 0.4) is 0 Å². The van der Waals surface area contributed by atoms with Crippen LogP contribution in [0, 0.1) is 0 Å². The molecule has 2 rings (SSSR count). The Morgan fingerprint density at radius 2 is 1.88 bits per heavy atom. The van der Waals surface area contributed by atoms with Gasteiger partial charge in [0.25, 0.3) is 5.56 Å². The number of hydrogen-bond acceptors (Lipinski definition) is 5. The molecule has 0 spiro atoms. The molecule has 2 aromatic rings. The fraction of sp³-hybridized carbons (Fsp3) is 0.353. The lowest BCUT2D eigenvalue weighted by Crippen LogP contribution is -2.33. The smallest absolute Gasteiger partial charge is 0.287 e. The van der Waals surface area contributed by atoms with Crippen LogP contribution in [0.1, 0.15) is 25.3 Å². The second-order valence-electron chi connectivity index (χ2n) is 5.65. The summed E-state index contributed by atoms with van der Waals surface area (Å²) in [6.07, 6.45) is 4.23. The van der Waals surface area contributed by atoms with Crippen molar-refractivity contribution in [1.29, 1.82) is 0 Å². The van der Waals surface area contributed by atoms with Gasteiger partial charge >= 0.3 is 0 Å². The Hall–Kier alpha value is -2.48. The molecule has 0 aliphatic rings. The lowest BCUT2D eigenvalue weighted by Gasteiger charge is -2.22. The summed E-state index contributed by atoms with van der Waals surface area (Å²) < 4.78 is 31.4. The maximum absolute atomic E-state index is 12.2. The molecule has 1 heterocycles. The molecule has 0 aliphatic heterocycles. The highest BCUT2D eigenvalue weighted by molar-refractivity contribution is 7.92. The molecule has 7 nitrogen and oxygen atoms in total. The highest BCUT2D eigenvalue weighted by Crippen LogP contribution is 2.23. The summed E-state index contributed by atoms with van der Waals surface area (Å²) in [5, 5.41) is 9.45. The molecule has 136 valence electrons. The second-order valence-corrected chi connectivity index (χ2v) is 7.56. The van der Waals surface area contributed by atoms with Gasteiger partial charge in [-0.05, 0) is 42.8 Å². The summed E-state index contributed by atoms with van der Waals surface area (Å²) in [5.74, 6) is 0.656. The van der Waals surface area contributed by atoms with Crippen LogP contribution in [0.15, 0.2) is 47.4 Å². The minimum absolute atomic E-state index is 0.165. The van der Waals surface area contributed by atoms with Gasteiger partial charge in [-0.15, -0.1) is 0 Å². The van der Waals surface area contributed by atoms with Crippen molar-refractivity contribution < 1.29 is 18.4 Å². The van der Waals surface area contributed by atoms with E-state index in [-0.39, 0.29) is 12.1 Å². The maximum Gasteiger partial charge on any atom is 0.287 e. The lowest BCUT2D eigenvalue weighted by molar-refractivity contribution is 0.174. The van der Waals surface area contributed by atoms with Gasteiger partial charge in [-0.1, -0.05) is 13.3 Å². The van der Waals surface area contributed by atoms with Crippen LogP contribution in [-0.2, 0) is 16.6 Å². The lowest BCUT2D eigenvalue weighted by atomic mass is 10.2. The Morgan fingerprint density at radius 1 is 1.20 bits per heavy atom. The van der Waals surface area contributed by atoms with Crippen molar-refractivity contribution in [2.45, 2.75) is 26.3 Å². The molecule has 1 N–H and O–H groups in total. The van der Waals surface area contributed by atoms with Crippen molar-refractivity contribution >= 4 is 15.7 Å². The zero-order valence-corrected chi connectivity index (χ0v) is 15.1. The van der Waals surface area contributed by atoms with Gasteiger partial charge in [0.2, 0.25) is 10.0 Å². The van der Waals surface area contributed by atoms with E-state index < -0.39 is 15.6 Å². The van der Waals surface area contributed by atoms with Gasteiger partial charge in [0.1, 0.15) is 5.75 Å². The molecule has 0 atom stereocenters. The third-order valence-corrected chi connectivity index (χ3v) is 4.75. The molecule has 0 saturated heterocycles. The number of ether oxygens (including phenoxy) is 1. The van der Waals surface area contributed by atoms with Gasteiger partial charge in [0.05, 0.1) is 25.1 Å². The number of benzene rings is 1. The van der Waals surface area contributed by atoms with Crippen molar-refractivity contribution in [2.24, 2.45) is 0 Å². The third-order valence-electron chi connectivity index (χ3n) is 3.61. The normalized spacial score (nSPS) is 11.3. The Balaban J connectivity index is 2.26. The van der Waals surface area contributed by atoms with E-state index in [2.05, 4.69) is 6.92 Å². The van der Waals surface area contributed by atoms with Gasteiger partial charge in [-0.3, -0.25) is 9.10 Å². The first-order chi connectivity index (χ1) is 11.8. The fourth-order valence-corrected chi connectivity index (χ4v) is 3.12. The number of anilines is 1. The van der Waals surface area contributed by atoms with Crippen LogP contribution in [0.25, 0.3) is 0 Å². The topological polar surface area (TPSA) is 88.8 Å². The average molecular weight is 366 g/mol. The Bertz CT molecular complexity index is 859. The Labute approximate surface area is 147 Å². The fourth-order valence-electron chi connectivity index (χ4n) is 2.24. The van der Waals surface area contributed by atoms with Crippen LogP contribution in [-0.4, -0.2) is 31.2 Å². The molecule has 0 radical (unpaired) electrons. The highest BCUT2D eigenvalue weighted by Gasteiger charge is 2.19. The third kappa shape index (κ3) is 4.99. The molecule has 1 aromatic carbocycles. The van der Waals surface area contributed by atoms with Gasteiger partial charge in [-0.2, -0.15) is 4.73 Å². The molecular weight excluding hydrogens is 344 g/mol. The van der Waals surface area contributed by atoms with E-state index in [1.807, 2.05) is 0 Å². The van der Waals surface area contributed by atoms with Crippen LogP contribution >= 0.6 is 0 Å². The number of aromatic nitrogens is 1. The van der Waals surface area contributed by atoms with Crippen molar-refractivity contribution in [2.75, 3.05) is 17.2 Å². The van der Waals surface area contributed by atoms with Crippen LogP contribution in [0.2, 0.25) is 0 Å². The van der Waals surface area contributed by atoms with E-state index in [4.69, 9.17) is 4.74 Å². The van der Waals surface area contributed by atoms with Crippen molar-refractivity contribution in [1.82, 2.24) is 4.73 Å². The summed E-state index contributed by atoms with van der Waals surface area (Å²) in [4.78, 5) is 11.9. The van der Waals surface area contributed by atoms with E-state index in [0.717, 1.165) is 23.4 Å². The number of sulfonamides is 1. The Morgan fingerprint density at radius 3 is 2.48 bits per heavy atom. The number of pyridine rings is 1. The molecule has 0 unspecified atom stereocenters. The molecule has 0 amide bonds. The van der Waals surface area contributed by atoms with Gasteiger partial charge < -0.3 is 9.94 Å². The van der Waals surface area contributed by atoms with Crippen molar-refractivity contribution in [3.63, 3.8) is 0 Å². The molecule has 0 aliphatic carbocycles. The zero-order chi connectivity index (χ0) is 18.4. The zero-order valence-electron chi connectivity index (χ0n) is 14.3. The molecule has 8 heteroatoms. The number of hydrogen-bond donors (Lipinski definition) is 1. The van der Waals surface area contributed by atoms with E-state index in [9.17, 15) is 18.4 Å². The standard InChI is InChI=1S/C17H22N2O5S/c1-3-4-12-24-16-9-7-15(8-10-16)19(25(2,22)23)13-14-6-5-11-18(21)17(14)20/h5-11,21H,3-4,12-13H2,1-2H3. The molecule has 0 saturated carbocycles. The first kappa shape index (κ1) is 18.9. The van der Waals surface area contributed by atoms with Crippen molar-refractivity contribution in [3.8, 4) is 5.75 Å². The molecule has 1 aromatic heterocycles. The predicted molar refractivity (Wildman–Crippen MR) is 95.8 cm³/mol.